The highest BCUT2D eigenvalue weighted by molar-refractivity contribution is 5.65. The van der Waals surface area contributed by atoms with Gasteiger partial charge in [0.15, 0.2) is 0 Å². The van der Waals surface area contributed by atoms with Crippen molar-refractivity contribution in [1.82, 2.24) is 15.1 Å². The molecule has 18 heavy (non-hydrogen) atoms. The summed E-state index contributed by atoms with van der Waals surface area (Å²) < 4.78 is 10.9. The molecule has 2 heterocycles. The molecule has 1 aliphatic rings. The zero-order valence-corrected chi connectivity index (χ0v) is 10.5. The van der Waals surface area contributed by atoms with E-state index < -0.39 is 6.09 Å². The van der Waals surface area contributed by atoms with E-state index in [-0.39, 0.29) is 18.8 Å². The van der Waals surface area contributed by atoms with Crippen LogP contribution < -0.4 is 0 Å². The molecule has 1 fully saturated rings. The predicted octanol–water partition coefficient (Wildman–Crippen LogP) is 1.43. The van der Waals surface area contributed by atoms with Gasteiger partial charge in [-0.2, -0.15) is 0 Å². The Hall–Kier alpha value is -1.63. The van der Waals surface area contributed by atoms with E-state index in [1.165, 1.54) is 4.90 Å². The number of ether oxygens (including phenoxy) is 1. The summed E-state index contributed by atoms with van der Waals surface area (Å²) in [5.41, 5.74) is 0. The normalized spacial score (nSPS) is 24.2. The number of carbonyl (C=O) groups is 1. The van der Waals surface area contributed by atoms with Crippen molar-refractivity contribution in [3.8, 4) is 0 Å². The van der Waals surface area contributed by atoms with Gasteiger partial charge >= 0.3 is 6.09 Å². The minimum atomic E-state index is -0.867. The van der Waals surface area contributed by atoms with Crippen molar-refractivity contribution in [1.29, 1.82) is 0 Å². The van der Waals surface area contributed by atoms with Crippen LogP contribution in [0.25, 0.3) is 0 Å². The third kappa shape index (κ3) is 2.98. The number of amides is 1. The summed E-state index contributed by atoms with van der Waals surface area (Å²) in [6, 6.07) is -0.0225. The monoisotopic (exact) mass is 255 g/mol. The second-order valence-corrected chi connectivity index (χ2v) is 4.50. The smallest absolute Gasteiger partial charge is 0.407 e. The molecule has 0 radical (unpaired) electrons. The molecule has 7 heteroatoms. The molecule has 0 spiro atoms. The van der Waals surface area contributed by atoms with Gasteiger partial charge in [0.05, 0.1) is 6.10 Å². The molecule has 7 nitrogen and oxygen atoms in total. The summed E-state index contributed by atoms with van der Waals surface area (Å²) in [4.78, 5) is 12.3. The lowest BCUT2D eigenvalue weighted by Gasteiger charge is -2.35. The van der Waals surface area contributed by atoms with Crippen molar-refractivity contribution in [3.05, 3.63) is 11.8 Å². The van der Waals surface area contributed by atoms with E-state index in [4.69, 9.17) is 14.3 Å². The van der Waals surface area contributed by atoms with Gasteiger partial charge in [-0.25, -0.2) is 4.79 Å². The van der Waals surface area contributed by atoms with Gasteiger partial charge < -0.3 is 19.2 Å². The predicted molar refractivity (Wildman–Crippen MR) is 61.0 cm³/mol. The number of hydrogen-bond acceptors (Lipinski definition) is 5. The molecule has 1 aliphatic heterocycles. The summed E-state index contributed by atoms with van der Waals surface area (Å²) in [6.45, 7) is 4.40. The molecule has 0 unspecified atom stereocenters. The largest absolute Gasteiger partial charge is 0.465 e. The van der Waals surface area contributed by atoms with Crippen LogP contribution in [0.4, 0.5) is 4.79 Å². The Balaban J connectivity index is 1.80. The van der Waals surface area contributed by atoms with E-state index in [0.717, 1.165) is 0 Å². The summed E-state index contributed by atoms with van der Waals surface area (Å²) in [7, 11) is 0. The number of aryl methyl sites for hydroxylation is 1. The number of aromatic nitrogens is 2. The maximum Gasteiger partial charge on any atom is 0.407 e. The second kappa shape index (κ2) is 5.34. The first-order valence-electron chi connectivity index (χ1n) is 5.96. The van der Waals surface area contributed by atoms with Gasteiger partial charge in [-0.3, -0.25) is 0 Å². The third-order valence-corrected chi connectivity index (χ3v) is 3.08. The highest BCUT2D eigenvalue weighted by Gasteiger charge is 2.29. The fraction of sp³-hybridized carbons (Fsp3) is 0.727. The van der Waals surface area contributed by atoms with Gasteiger partial charge in [0.2, 0.25) is 11.8 Å². The molecule has 0 bridgehead atoms. The first-order valence-corrected chi connectivity index (χ1v) is 5.96. The fourth-order valence-electron chi connectivity index (χ4n) is 2.15. The summed E-state index contributed by atoms with van der Waals surface area (Å²) in [5, 5.41) is 16.5. The molecule has 0 aliphatic carbocycles. The second-order valence-electron chi connectivity index (χ2n) is 4.50. The zero-order valence-electron chi connectivity index (χ0n) is 10.5. The number of nitrogens with zero attached hydrogens (tertiary/aromatic N) is 3. The van der Waals surface area contributed by atoms with Crippen LogP contribution in [0.5, 0.6) is 0 Å². The summed E-state index contributed by atoms with van der Waals surface area (Å²) in [5.74, 6) is 0.975. The number of likely N-dealkylation sites (tertiary alicyclic amines) is 1. The van der Waals surface area contributed by atoms with E-state index in [1.54, 1.807) is 6.92 Å². The quantitative estimate of drug-likeness (QED) is 0.878. The molecule has 0 saturated carbocycles. The van der Waals surface area contributed by atoms with Crippen LogP contribution >= 0.6 is 0 Å². The van der Waals surface area contributed by atoms with Crippen LogP contribution in [0.2, 0.25) is 0 Å². The number of carboxylic acid groups (broad SMARTS) is 1. The van der Waals surface area contributed by atoms with Crippen LogP contribution in [0, 0.1) is 6.92 Å². The Labute approximate surface area is 105 Å². The minimum absolute atomic E-state index is 0.0225. The number of rotatable bonds is 3. The highest BCUT2D eigenvalue weighted by Crippen LogP contribution is 2.20. The Morgan fingerprint density at radius 2 is 2.39 bits per heavy atom. The van der Waals surface area contributed by atoms with Crippen LogP contribution in [-0.2, 0) is 11.3 Å². The Morgan fingerprint density at radius 1 is 1.61 bits per heavy atom. The van der Waals surface area contributed by atoms with Gasteiger partial charge in [0.1, 0.15) is 6.61 Å². The van der Waals surface area contributed by atoms with Crippen molar-refractivity contribution in [3.63, 3.8) is 0 Å². The summed E-state index contributed by atoms with van der Waals surface area (Å²) >= 11 is 0. The average Bonchev–Trinajstić information content (AvgIpc) is 2.72. The van der Waals surface area contributed by atoms with Crippen LogP contribution in [0.15, 0.2) is 4.42 Å². The van der Waals surface area contributed by atoms with Crippen molar-refractivity contribution in [2.75, 3.05) is 6.54 Å². The van der Waals surface area contributed by atoms with Gasteiger partial charge in [-0.05, 0) is 19.8 Å². The van der Waals surface area contributed by atoms with Gasteiger partial charge in [-0.1, -0.05) is 0 Å². The Kier molecular flexibility index (Phi) is 3.81. The molecular formula is C11H17N3O4. The van der Waals surface area contributed by atoms with Crippen molar-refractivity contribution in [2.45, 2.75) is 45.4 Å². The molecule has 2 rings (SSSR count). The molecule has 1 amide bonds. The number of hydrogen-bond donors (Lipinski definition) is 1. The molecule has 2 atom stereocenters. The van der Waals surface area contributed by atoms with Gasteiger partial charge in [0, 0.05) is 19.5 Å². The Bertz CT molecular complexity index is 420. The van der Waals surface area contributed by atoms with Gasteiger partial charge in [-0.15, -0.1) is 10.2 Å². The van der Waals surface area contributed by atoms with Crippen molar-refractivity contribution >= 4 is 6.09 Å². The van der Waals surface area contributed by atoms with Crippen LogP contribution in [-0.4, -0.2) is 45.0 Å². The lowest BCUT2D eigenvalue weighted by molar-refractivity contribution is -0.0229. The van der Waals surface area contributed by atoms with E-state index >= 15 is 0 Å². The van der Waals surface area contributed by atoms with E-state index in [9.17, 15) is 4.79 Å². The minimum Gasteiger partial charge on any atom is -0.465 e. The molecule has 1 saturated heterocycles. The molecule has 1 aromatic heterocycles. The standard InChI is InChI=1S/C11H17N3O4/c1-7-5-9(3-4-14(7)11(15)16)17-6-10-13-12-8(2)18-10/h7,9H,3-6H2,1-2H3,(H,15,16)/t7-,9-/m0/s1. The SMILES string of the molecule is Cc1nnc(CO[C@H]2CCN(C(=O)O)[C@@H](C)C2)o1. The fourth-order valence-corrected chi connectivity index (χ4v) is 2.15. The maximum atomic E-state index is 10.9. The highest BCUT2D eigenvalue weighted by atomic mass is 16.5. The van der Waals surface area contributed by atoms with E-state index in [1.807, 2.05) is 6.92 Å². The molecule has 1 aromatic rings. The number of piperidine rings is 1. The topological polar surface area (TPSA) is 88.7 Å². The van der Waals surface area contributed by atoms with E-state index in [2.05, 4.69) is 10.2 Å². The molecular weight excluding hydrogens is 238 g/mol. The molecule has 0 aromatic carbocycles. The lowest BCUT2D eigenvalue weighted by Crippen LogP contribution is -2.46. The van der Waals surface area contributed by atoms with Gasteiger partial charge in [0.25, 0.3) is 0 Å². The van der Waals surface area contributed by atoms with Crippen LogP contribution in [0.3, 0.4) is 0 Å². The first kappa shape index (κ1) is 12.8. The zero-order chi connectivity index (χ0) is 13.1. The summed E-state index contributed by atoms with van der Waals surface area (Å²) in [6.07, 6.45) is 0.569. The Morgan fingerprint density at radius 3 is 2.94 bits per heavy atom. The molecule has 1 N–H and O–H groups in total. The first-order chi connectivity index (χ1) is 8.56. The van der Waals surface area contributed by atoms with E-state index in [0.29, 0.717) is 31.2 Å². The lowest BCUT2D eigenvalue weighted by atomic mass is 10.0. The van der Waals surface area contributed by atoms with Crippen molar-refractivity contribution in [2.24, 2.45) is 0 Å². The van der Waals surface area contributed by atoms with Crippen molar-refractivity contribution < 1.29 is 19.1 Å². The molecule has 100 valence electrons. The van der Waals surface area contributed by atoms with Crippen LogP contribution in [0.1, 0.15) is 31.5 Å². The maximum absolute atomic E-state index is 10.9. The average molecular weight is 255 g/mol. The third-order valence-electron chi connectivity index (χ3n) is 3.08.